The Morgan fingerprint density at radius 3 is 2.52 bits per heavy atom. The molecular formula is C18H18ClNO5. The zero-order valence-electron chi connectivity index (χ0n) is 13.9. The first-order valence-corrected chi connectivity index (χ1v) is 7.82. The molecule has 0 aromatic heterocycles. The van der Waals surface area contributed by atoms with E-state index in [-0.39, 0.29) is 6.42 Å². The van der Waals surface area contributed by atoms with E-state index in [1.165, 1.54) is 14.2 Å². The molecule has 0 bridgehead atoms. The summed E-state index contributed by atoms with van der Waals surface area (Å²) in [6, 6.07) is 11.9. The summed E-state index contributed by atoms with van der Waals surface area (Å²) in [6.45, 7) is -0.413. The van der Waals surface area contributed by atoms with Gasteiger partial charge in [-0.05, 0) is 23.8 Å². The zero-order chi connectivity index (χ0) is 18.2. The number of esters is 1. The number of halogens is 1. The normalized spacial score (nSPS) is 10.0. The summed E-state index contributed by atoms with van der Waals surface area (Å²) in [7, 11) is 3.00. The van der Waals surface area contributed by atoms with Crippen molar-refractivity contribution in [1.29, 1.82) is 0 Å². The number of carbonyl (C=O) groups is 2. The summed E-state index contributed by atoms with van der Waals surface area (Å²) in [5.74, 6) is 0.00303. The monoisotopic (exact) mass is 363 g/mol. The average Bonchev–Trinajstić information content (AvgIpc) is 2.62. The second-order valence-corrected chi connectivity index (χ2v) is 5.45. The van der Waals surface area contributed by atoms with E-state index in [1.54, 1.807) is 42.5 Å². The molecule has 0 spiro atoms. The van der Waals surface area contributed by atoms with Gasteiger partial charge >= 0.3 is 5.97 Å². The summed E-state index contributed by atoms with van der Waals surface area (Å²) in [6.07, 6.45) is -0.00453. The van der Waals surface area contributed by atoms with E-state index < -0.39 is 18.5 Å². The van der Waals surface area contributed by atoms with Crippen LogP contribution in [0.25, 0.3) is 0 Å². The molecule has 7 heteroatoms. The minimum absolute atomic E-state index is 0.00453. The average molecular weight is 364 g/mol. The van der Waals surface area contributed by atoms with Gasteiger partial charge in [-0.2, -0.15) is 0 Å². The number of methoxy groups -OCH3 is 2. The first-order valence-electron chi connectivity index (χ1n) is 7.44. The summed E-state index contributed by atoms with van der Waals surface area (Å²) in [4.78, 5) is 23.8. The maximum absolute atomic E-state index is 12.0. The number of rotatable bonds is 7. The van der Waals surface area contributed by atoms with Gasteiger partial charge in [-0.1, -0.05) is 29.8 Å². The van der Waals surface area contributed by atoms with Gasteiger partial charge in [0.25, 0.3) is 5.91 Å². The molecule has 1 amide bonds. The highest BCUT2D eigenvalue weighted by Gasteiger charge is 2.13. The van der Waals surface area contributed by atoms with Gasteiger partial charge in [0.05, 0.1) is 26.3 Å². The molecule has 2 rings (SSSR count). The van der Waals surface area contributed by atoms with E-state index >= 15 is 0 Å². The Kier molecular flexibility index (Phi) is 6.65. The summed E-state index contributed by atoms with van der Waals surface area (Å²) in [5, 5.41) is 3.10. The SMILES string of the molecule is COc1ccc(OC)c(NC(=O)COC(=O)Cc2ccccc2Cl)c1. The summed E-state index contributed by atoms with van der Waals surface area (Å²) in [5.41, 5.74) is 1.07. The van der Waals surface area contributed by atoms with Crippen LogP contribution in [0.1, 0.15) is 5.56 Å². The Bertz CT molecular complexity index is 763. The van der Waals surface area contributed by atoms with E-state index in [2.05, 4.69) is 5.32 Å². The van der Waals surface area contributed by atoms with Crippen molar-refractivity contribution in [1.82, 2.24) is 0 Å². The van der Waals surface area contributed by atoms with Crippen LogP contribution in [0.3, 0.4) is 0 Å². The maximum atomic E-state index is 12.0. The second-order valence-electron chi connectivity index (χ2n) is 5.04. The van der Waals surface area contributed by atoms with E-state index in [4.69, 9.17) is 25.8 Å². The third kappa shape index (κ3) is 5.39. The Balaban J connectivity index is 1.90. The van der Waals surface area contributed by atoms with Crippen molar-refractivity contribution in [3.05, 3.63) is 53.1 Å². The van der Waals surface area contributed by atoms with Crippen molar-refractivity contribution in [2.24, 2.45) is 0 Å². The van der Waals surface area contributed by atoms with Crippen LogP contribution in [0.5, 0.6) is 11.5 Å². The summed E-state index contributed by atoms with van der Waals surface area (Å²) >= 11 is 5.99. The molecule has 0 aliphatic rings. The van der Waals surface area contributed by atoms with E-state index in [0.29, 0.717) is 27.8 Å². The van der Waals surface area contributed by atoms with Gasteiger partial charge < -0.3 is 19.5 Å². The highest BCUT2D eigenvalue weighted by molar-refractivity contribution is 6.31. The molecule has 2 aromatic carbocycles. The fourth-order valence-electron chi connectivity index (χ4n) is 2.09. The predicted molar refractivity (Wildman–Crippen MR) is 94.3 cm³/mol. The van der Waals surface area contributed by atoms with E-state index in [1.807, 2.05) is 0 Å². The van der Waals surface area contributed by atoms with Crippen LogP contribution in [0, 0.1) is 0 Å². The minimum Gasteiger partial charge on any atom is -0.497 e. The van der Waals surface area contributed by atoms with Crippen LogP contribution >= 0.6 is 11.6 Å². The number of hydrogen-bond acceptors (Lipinski definition) is 5. The van der Waals surface area contributed by atoms with Crippen LogP contribution < -0.4 is 14.8 Å². The lowest BCUT2D eigenvalue weighted by atomic mass is 10.1. The predicted octanol–water partition coefficient (Wildman–Crippen LogP) is 3.08. The van der Waals surface area contributed by atoms with Crippen molar-refractivity contribution >= 4 is 29.2 Å². The Labute approximate surface area is 150 Å². The molecule has 132 valence electrons. The number of anilines is 1. The smallest absolute Gasteiger partial charge is 0.310 e. The third-order valence-electron chi connectivity index (χ3n) is 3.34. The van der Waals surface area contributed by atoms with Crippen LogP contribution in [0.4, 0.5) is 5.69 Å². The van der Waals surface area contributed by atoms with Gasteiger partial charge in [0.1, 0.15) is 11.5 Å². The molecule has 0 fully saturated rings. The molecule has 0 aliphatic carbocycles. The molecular weight excluding hydrogens is 346 g/mol. The largest absolute Gasteiger partial charge is 0.497 e. The van der Waals surface area contributed by atoms with Gasteiger partial charge in [-0.15, -0.1) is 0 Å². The first-order chi connectivity index (χ1) is 12.0. The van der Waals surface area contributed by atoms with E-state index in [0.717, 1.165) is 0 Å². The molecule has 0 radical (unpaired) electrons. The van der Waals surface area contributed by atoms with Gasteiger partial charge in [-0.3, -0.25) is 9.59 Å². The van der Waals surface area contributed by atoms with Crippen molar-refractivity contribution < 1.29 is 23.8 Å². The highest BCUT2D eigenvalue weighted by atomic mass is 35.5. The van der Waals surface area contributed by atoms with Gasteiger partial charge in [0.2, 0.25) is 0 Å². The first kappa shape index (κ1) is 18.6. The van der Waals surface area contributed by atoms with E-state index in [9.17, 15) is 9.59 Å². The molecule has 0 aliphatic heterocycles. The van der Waals surface area contributed by atoms with Crippen LogP contribution in [0.15, 0.2) is 42.5 Å². The Morgan fingerprint density at radius 1 is 1.08 bits per heavy atom. The minimum atomic E-state index is -0.541. The quantitative estimate of drug-likeness (QED) is 0.765. The number of nitrogens with one attached hydrogen (secondary N) is 1. The fraction of sp³-hybridized carbons (Fsp3) is 0.222. The van der Waals surface area contributed by atoms with Crippen molar-refractivity contribution in [2.75, 3.05) is 26.1 Å². The zero-order valence-corrected chi connectivity index (χ0v) is 14.6. The number of ether oxygens (including phenoxy) is 3. The van der Waals surface area contributed by atoms with Crippen molar-refractivity contribution in [2.45, 2.75) is 6.42 Å². The molecule has 2 aromatic rings. The second kappa shape index (κ2) is 8.94. The van der Waals surface area contributed by atoms with Crippen molar-refractivity contribution in [3.8, 4) is 11.5 Å². The fourth-order valence-corrected chi connectivity index (χ4v) is 2.29. The molecule has 0 saturated heterocycles. The number of benzene rings is 2. The lowest BCUT2D eigenvalue weighted by molar-refractivity contribution is -0.146. The maximum Gasteiger partial charge on any atom is 0.310 e. The highest BCUT2D eigenvalue weighted by Crippen LogP contribution is 2.28. The van der Waals surface area contributed by atoms with Gasteiger partial charge in [-0.25, -0.2) is 0 Å². The Hall–Kier alpha value is -2.73. The lowest BCUT2D eigenvalue weighted by Crippen LogP contribution is -2.22. The molecule has 1 N–H and O–H groups in total. The number of hydrogen-bond donors (Lipinski definition) is 1. The van der Waals surface area contributed by atoms with Crippen LogP contribution in [-0.4, -0.2) is 32.7 Å². The molecule has 0 atom stereocenters. The van der Waals surface area contributed by atoms with Gasteiger partial charge in [0.15, 0.2) is 6.61 Å². The third-order valence-corrected chi connectivity index (χ3v) is 3.71. The van der Waals surface area contributed by atoms with Crippen LogP contribution in [0.2, 0.25) is 5.02 Å². The van der Waals surface area contributed by atoms with Gasteiger partial charge in [0, 0.05) is 11.1 Å². The number of carbonyl (C=O) groups excluding carboxylic acids is 2. The molecule has 25 heavy (non-hydrogen) atoms. The standard InChI is InChI=1S/C18H18ClNO5/c1-23-13-7-8-16(24-2)15(10-13)20-17(21)11-25-18(22)9-12-5-3-4-6-14(12)19/h3-8,10H,9,11H2,1-2H3,(H,20,21). The molecule has 0 saturated carbocycles. The molecule has 6 nitrogen and oxygen atoms in total. The molecule has 0 heterocycles. The van der Waals surface area contributed by atoms with Crippen molar-refractivity contribution in [3.63, 3.8) is 0 Å². The Morgan fingerprint density at radius 2 is 1.84 bits per heavy atom. The lowest BCUT2D eigenvalue weighted by Gasteiger charge is -2.12. The number of amides is 1. The topological polar surface area (TPSA) is 73.9 Å². The van der Waals surface area contributed by atoms with Crippen LogP contribution in [-0.2, 0) is 20.7 Å². The molecule has 0 unspecified atom stereocenters. The summed E-state index contributed by atoms with van der Waals surface area (Å²) < 4.78 is 15.3.